The van der Waals surface area contributed by atoms with E-state index < -0.39 is 11.9 Å². The first kappa shape index (κ1) is 26.9. The van der Waals surface area contributed by atoms with Crippen LogP contribution in [0.1, 0.15) is 49.4 Å². The highest BCUT2D eigenvalue weighted by Gasteiger charge is 2.24. The normalized spacial score (nSPS) is 14.8. The van der Waals surface area contributed by atoms with Gasteiger partial charge in [0.15, 0.2) is 5.58 Å². The molecule has 0 radical (unpaired) electrons. The summed E-state index contributed by atoms with van der Waals surface area (Å²) in [5.41, 5.74) is 2.69. The highest BCUT2D eigenvalue weighted by molar-refractivity contribution is 5.89. The Balaban J connectivity index is 0.000000392. The van der Waals surface area contributed by atoms with Crippen molar-refractivity contribution in [2.75, 3.05) is 20.2 Å². The standard InChI is InChI=1S/C23H27FN2O2.C4H4O4/c1-27-22-11-4-3-8-19(22)21(26-14-5-2-6-15-26)10-7-9-20-18-13-12-17(24)16-23(18)28-25-20;5-3(6)1-2-4(7)8/h3-4,8,11-13,16,21H,2,5-7,9-10,14-15H2,1H3;1-2H,(H,5,6)(H,7,8)/b;2-1-. The van der Waals surface area contributed by atoms with E-state index in [0.29, 0.717) is 23.8 Å². The zero-order chi connectivity index (χ0) is 25.9. The molecular weight excluding hydrogens is 467 g/mol. The Labute approximate surface area is 209 Å². The summed E-state index contributed by atoms with van der Waals surface area (Å²) in [7, 11) is 1.74. The Morgan fingerprint density at radius 3 is 2.47 bits per heavy atom. The van der Waals surface area contributed by atoms with Crippen LogP contribution in [0.2, 0.25) is 0 Å². The number of aryl methyl sites for hydroxylation is 1. The first-order valence-corrected chi connectivity index (χ1v) is 11.9. The van der Waals surface area contributed by atoms with Crippen LogP contribution in [0.25, 0.3) is 11.0 Å². The quantitative estimate of drug-likeness (QED) is 0.385. The molecule has 9 heteroatoms. The first-order valence-electron chi connectivity index (χ1n) is 11.9. The smallest absolute Gasteiger partial charge is 0.328 e. The molecule has 2 aromatic carbocycles. The van der Waals surface area contributed by atoms with E-state index in [4.69, 9.17) is 19.5 Å². The SMILES string of the molecule is COc1ccccc1C(CCCc1noc2cc(F)ccc12)N1CCCCC1.O=C(O)/C=C\C(=O)O. The van der Waals surface area contributed by atoms with Crippen LogP contribution < -0.4 is 4.74 Å². The molecular formula is C27H31FN2O6. The Kier molecular flexibility index (Phi) is 10.00. The lowest BCUT2D eigenvalue weighted by molar-refractivity contribution is -0.134. The van der Waals surface area contributed by atoms with Crippen LogP contribution >= 0.6 is 0 Å². The average molecular weight is 499 g/mol. The summed E-state index contributed by atoms with van der Waals surface area (Å²) in [5, 5.41) is 20.7. The summed E-state index contributed by atoms with van der Waals surface area (Å²) < 4.78 is 24.3. The van der Waals surface area contributed by atoms with Crippen molar-refractivity contribution in [2.24, 2.45) is 0 Å². The molecule has 1 fully saturated rings. The third kappa shape index (κ3) is 7.64. The highest BCUT2D eigenvalue weighted by Crippen LogP contribution is 2.35. The molecule has 1 aromatic heterocycles. The number of aromatic nitrogens is 1. The Bertz CT molecular complexity index is 1170. The van der Waals surface area contributed by atoms with Crippen LogP contribution in [0.4, 0.5) is 4.39 Å². The number of likely N-dealkylation sites (tertiary alicyclic amines) is 1. The number of piperidine rings is 1. The fourth-order valence-corrected chi connectivity index (χ4v) is 4.46. The monoisotopic (exact) mass is 498 g/mol. The zero-order valence-corrected chi connectivity index (χ0v) is 20.2. The van der Waals surface area contributed by atoms with Crippen molar-refractivity contribution in [3.63, 3.8) is 0 Å². The summed E-state index contributed by atoms with van der Waals surface area (Å²) in [6, 6.07) is 13.3. The average Bonchev–Trinajstić information content (AvgIpc) is 3.28. The number of methoxy groups -OCH3 is 1. The molecule has 0 spiro atoms. The van der Waals surface area contributed by atoms with Gasteiger partial charge in [0.2, 0.25) is 0 Å². The molecule has 3 aromatic rings. The van der Waals surface area contributed by atoms with Gasteiger partial charge in [-0.1, -0.05) is 29.8 Å². The van der Waals surface area contributed by atoms with Crippen molar-refractivity contribution < 1.29 is 33.5 Å². The van der Waals surface area contributed by atoms with E-state index in [0.717, 1.165) is 49.2 Å². The van der Waals surface area contributed by atoms with Gasteiger partial charge in [0.1, 0.15) is 11.6 Å². The molecule has 4 rings (SSSR count). The third-order valence-corrected chi connectivity index (χ3v) is 6.10. The lowest BCUT2D eigenvalue weighted by Gasteiger charge is -2.35. The number of nitrogens with zero attached hydrogens (tertiary/aromatic N) is 2. The lowest BCUT2D eigenvalue weighted by Crippen LogP contribution is -2.34. The Hall–Kier alpha value is -3.72. The fourth-order valence-electron chi connectivity index (χ4n) is 4.46. The molecule has 1 unspecified atom stereocenters. The van der Waals surface area contributed by atoms with Crippen molar-refractivity contribution in [2.45, 2.75) is 44.6 Å². The zero-order valence-electron chi connectivity index (χ0n) is 20.2. The molecule has 0 bridgehead atoms. The van der Waals surface area contributed by atoms with Crippen LogP contribution in [0, 0.1) is 5.82 Å². The Morgan fingerprint density at radius 1 is 1.11 bits per heavy atom. The minimum absolute atomic E-state index is 0.295. The second-order valence-electron chi connectivity index (χ2n) is 8.53. The molecule has 1 saturated heterocycles. The van der Waals surface area contributed by atoms with E-state index in [1.54, 1.807) is 13.2 Å². The van der Waals surface area contributed by atoms with Crippen molar-refractivity contribution in [3.8, 4) is 5.75 Å². The van der Waals surface area contributed by atoms with Crippen molar-refractivity contribution in [3.05, 3.63) is 71.7 Å². The largest absolute Gasteiger partial charge is 0.496 e. The summed E-state index contributed by atoms with van der Waals surface area (Å²) in [5.74, 6) is -1.85. The second-order valence-corrected chi connectivity index (χ2v) is 8.53. The first-order chi connectivity index (χ1) is 17.4. The van der Waals surface area contributed by atoms with Gasteiger partial charge in [-0.2, -0.15) is 0 Å². The summed E-state index contributed by atoms with van der Waals surface area (Å²) >= 11 is 0. The molecule has 0 aliphatic carbocycles. The number of carbonyl (C=O) groups is 2. The number of hydrogen-bond acceptors (Lipinski definition) is 6. The van der Waals surface area contributed by atoms with Crippen molar-refractivity contribution in [1.29, 1.82) is 0 Å². The summed E-state index contributed by atoms with van der Waals surface area (Å²) in [4.78, 5) is 21.7. The molecule has 192 valence electrons. The molecule has 1 aliphatic rings. The number of rotatable bonds is 9. The van der Waals surface area contributed by atoms with Gasteiger partial charge in [-0.3, -0.25) is 4.90 Å². The molecule has 36 heavy (non-hydrogen) atoms. The number of carboxylic acid groups (broad SMARTS) is 2. The van der Waals surface area contributed by atoms with E-state index in [1.165, 1.54) is 37.0 Å². The van der Waals surface area contributed by atoms with Crippen LogP contribution in [0.3, 0.4) is 0 Å². The maximum atomic E-state index is 13.4. The summed E-state index contributed by atoms with van der Waals surface area (Å²) in [6.45, 7) is 2.27. The second kappa shape index (κ2) is 13.4. The maximum Gasteiger partial charge on any atom is 0.328 e. The van der Waals surface area contributed by atoms with Crippen LogP contribution in [-0.2, 0) is 16.0 Å². The molecule has 8 nitrogen and oxygen atoms in total. The number of para-hydroxylation sites is 1. The van der Waals surface area contributed by atoms with Gasteiger partial charge in [-0.25, -0.2) is 14.0 Å². The topological polar surface area (TPSA) is 113 Å². The van der Waals surface area contributed by atoms with E-state index in [-0.39, 0.29) is 5.82 Å². The van der Waals surface area contributed by atoms with Crippen LogP contribution in [0.5, 0.6) is 5.75 Å². The number of fused-ring (bicyclic) bond motifs is 1. The van der Waals surface area contributed by atoms with Gasteiger partial charge >= 0.3 is 11.9 Å². The van der Waals surface area contributed by atoms with Crippen molar-refractivity contribution in [1.82, 2.24) is 10.1 Å². The van der Waals surface area contributed by atoms with Gasteiger partial charge in [0.25, 0.3) is 0 Å². The highest BCUT2D eigenvalue weighted by atomic mass is 19.1. The van der Waals surface area contributed by atoms with Gasteiger partial charge in [0.05, 0.1) is 12.8 Å². The predicted molar refractivity (Wildman–Crippen MR) is 132 cm³/mol. The number of benzene rings is 2. The van der Waals surface area contributed by atoms with Crippen LogP contribution in [0.15, 0.2) is 59.1 Å². The minimum Gasteiger partial charge on any atom is -0.496 e. The number of halogens is 1. The minimum atomic E-state index is -1.26. The molecule has 1 aliphatic heterocycles. The molecule has 0 saturated carbocycles. The van der Waals surface area contributed by atoms with E-state index >= 15 is 0 Å². The fraction of sp³-hybridized carbons (Fsp3) is 0.370. The third-order valence-electron chi connectivity index (χ3n) is 6.10. The molecule has 2 heterocycles. The summed E-state index contributed by atoms with van der Waals surface area (Å²) in [6.07, 6.45) is 7.77. The lowest BCUT2D eigenvalue weighted by atomic mass is 9.95. The predicted octanol–water partition coefficient (Wildman–Crippen LogP) is 5.24. The number of carboxylic acids is 2. The van der Waals surface area contributed by atoms with E-state index in [9.17, 15) is 14.0 Å². The van der Waals surface area contributed by atoms with Gasteiger partial charge in [-0.05, 0) is 63.4 Å². The van der Waals surface area contributed by atoms with E-state index in [2.05, 4.69) is 22.2 Å². The van der Waals surface area contributed by atoms with Gasteiger partial charge in [-0.15, -0.1) is 0 Å². The molecule has 2 N–H and O–H groups in total. The number of ether oxygens (including phenoxy) is 1. The van der Waals surface area contributed by atoms with E-state index in [1.807, 2.05) is 12.1 Å². The van der Waals surface area contributed by atoms with Gasteiger partial charge < -0.3 is 19.5 Å². The number of aliphatic carboxylic acids is 2. The Morgan fingerprint density at radius 2 is 1.81 bits per heavy atom. The maximum absolute atomic E-state index is 13.4. The molecule has 1 atom stereocenters. The van der Waals surface area contributed by atoms with Crippen LogP contribution in [-0.4, -0.2) is 52.4 Å². The van der Waals surface area contributed by atoms with Crippen molar-refractivity contribution >= 4 is 22.9 Å². The number of hydrogen-bond donors (Lipinski definition) is 2. The van der Waals surface area contributed by atoms with Gasteiger partial charge in [0, 0.05) is 35.2 Å². The molecule has 0 amide bonds.